The van der Waals surface area contributed by atoms with E-state index in [1.165, 1.54) is 6.42 Å². The number of urea groups is 2. The zero-order valence-corrected chi connectivity index (χ0v) is 24.9. The summed E-state index contributed by atoms with van der Waals surface area (Å²) in [5.41, 5.74) is 1.14. The molecule has 0 unspecified atom stereocenters. The predicted molar refractivity (Wildman–Crippen MR) is 161 cm³/mol. The van der Waals surface area contributed by atoms with Crippen LogP contribution in [0.2, 0.25) is 0 Å². The molecule has 11 heteroatoms. The van der Waals surface area contributed by atoms with E-state index < -0.39 is 18.2 Å². The molecule has 4 N–H and O–H groups in total. The fraction of sp³-hybridized carbons (Fsp3) is 0.516. The van der Waals surface area contributed by atoms with Gasteiger partial charge in [-0.25, -0.2) is 9.59 Å². The summed E-state index contributed by atoms with van der Waals surface area (Å²) in [6, 6.07) is 11.0. The van der Waals surface area contributed by atoms with Gasteiger partial charge in [-0.3, -0.25) is 4.79 Å². The Morgan fingerprint density at radius 2 is 1.83 bits per heavy atom. The number of nitrogens with one attached hydrogen (secondary N) is 3. The number of carbonyl (C=O) groups is 3. The molecule has 1 fully saturated rings. The number of likely N-dealkylation sites (N-methyl/N-ethyl adjacent to an activating group) is 1. The molecule has 2 aliphatic rings. The van der Waals surface area contributed by atoms with Crippen molar-refractivity contribution in [2.24, 2.45) is 5.92 Å². The Labute approximate surface area is 247 Å². The van der Waals surface area contributed by atoms with Gasteiger partial charge in [-0.1, -0.05) is 32.3 Å². The summed E-state index contributed by atoms with van der Waals surface area (Å²) >= 11 is 0. The van der Waals surface area contributed by atoms with Gasteiger partial charge >= 0.3 is 12.1 Å². The van der Waals surface area contributed by atoms with Crippen LogP contribution in [0.1, 0.15) is 56.3 Å². The van der Waals surface area contributed by atoms with E-state index in [0.717, 1.165) is 25.7 Å². The molecule has 0 radical (unpaired) electrons. The van der Waals surface area contributed by atoms with Gasteiger partial charge in [0.15, 0.2) is 5.75 Å². The number of aliphatic hydroxyl groups excluding tert-OH is 1. The molecular weight excluding hydrogens is 538 g/mol. The average Bonchev–Trinajstić information content (AvgIpc) is 2.99. The van der Waals surface area contributed by atoms with Crippen molar-refractivity contribution in [3.8, 4) is 11.5 Å². The highest BCUT2D eigenvalue weighted by molar-refractivity contribution is 6.04. The van der Waals surface area contributed by atoms with Crippen LogP contribution in [0.5, 0.6) is 11.5 Å². The highest BCUT2D eigenvalue weighted by Crippen LogP contribution is 2.35. The largest absolute Gasteiger partial charge is 0.497 e. The van der Waals surface area contributed by atoms with Crippen molar-refractivity contribution in [2.75, 3.05) is 44.5 Å². The Hall–Kier alpha value is -3.99. The van der Waals surface area contributed by atoms with Crippen LogP contribution in [-0.2, 0) is 0 Å². The zero-order chi connectivity index (χ0) is 30.2. The molecule has 0 bridgehead atoms. The first-order valence-corrected chi connectivity index (χ1v) is 14.6. The maximum absolute atomic E-state index is 13.7. The maximum atomic E-state index is 13.7. The van der Waals surface area contributed by atoms with Crippen molar-refractivity contribution in [1.29, 1.82) is 0 Å². The summed E-state index contributed by atoms with van der Waals surface area (Å²) in [5, 5.41) is 18.7. The fourth-order valence-corrected chi connectivity index (χ4v) is 5.40. The number of carbonyl (C=O) groups excluding carboxylic acids is 3. The van der Waals surface area contributed by atoms with Crippen molar-refractivity contribution in [3.63, 3.8) is 0 Å². The van der Waals surface area contributed by atoms with Crippen LogP contribution < -0.4 is 25.4 Å². The molecule has 1 saturated carbocycles. The molecule has 11 nitrogen and oxygen atoms in total. The minimum atomic E-state index is -0.513. The number of anilines is 2. The molecule has 4 rings (SSSR count). The number of benzene rings is 2. The van der Waals surface area contributed by atoms with Crippen LogP contribution in [0.15, 0.2) is 42.5 Å². The van der Waals surface area contributed by atoms with Gasteiger partial charge in [0, 0.05) is 31.2 Å². The molecule has 0 spiro atoms. The van der Waals surface area contributed by atoms with Crippen LogP contribution in [0.3, 0.4) is 0 Å². The summed E-state index contributed by atoms with van der Waals surface area (Å²) in [6.45, 7) is 4.14. The average molecular weight is 582 g/mol. The van der Waals surface area contributed by atoms with Crippen molar-refractivity contribution in [1.82, 2.24) is 15.1 Å². The van der Waals surface area contributed by atoms with Crippen LogP contribution in [-0.4, -0.2) is 84.9 Å². The van der Waals surface area contributed by atoms with Crippen molar-refractivity contribution in [2.45, 2.75) is 64.1 Å². The Morgan fingerprint density at radius 3 is 2.50 bits per heavy atom. The second-order valence-corrected chi connectivity index (χ2v) is 11.3. The number of nitrogens with zero attached hydrogens (tertiary/aromatic N) is 2. The smallest absolute Gasteiger partial charge is 0.323 e. The van der Waals surface area contributed by atoms with Crippen LogP contribution in [0, 0.1) is 5.92 Å². The van der Waals surface area contributed by atoms with Gasteiger partial charge in [0.2, 0.25) is 0 Å². The van der Waals surface area contributed by atoms with Crippen molar-refractivity contribution in [3.05, 3.63) is 48.0 Å². The van der Waals surface area contributed by atoms with E-state index >= 15 is 0 Å². The number of amides is 5. The minimum absolute atomic E-state index is 0.165. The Morgan fingerprint density at radius 1 is 1.12 bits per heavy atom. The number of fused-ring (bicyclic) bond motifs is 1. The highest BCUT2D eigenvalue weighted by Gasteiger charge is 2.35. The lowest BCUT2D eigenvalue weighted by molar-refractivity contribution is 0.0368. The van der Waals surface area contributed by atoms with Crippen LogP contribution in [0.4, 0.5) is 21.0 Å². The van der Waals surface area contributed by atoms with E-state index in [2.05, 4.69) is 16.0 Å². The summed E-state index contributed by atoms with van der Waals surface area (Å²) in [7, 11) is 3.30. The summed E-state index contributed by atoms with van der Waals surface area (Å²) in [5.74, 6) is 0.387. The third-order valence-electron chi connectivity index (χ3n) is 8.02. The van der Waals surface area contributed by atoms with Gasteiger partial charge < -0.3 is 40.3 Å². The first-order valence-electron chi connectivity index (χ1n) is 14.6. The van der Waals surface area contributed by atoms with Gasteiger partial charge in [-0.05, 0) is 56.2 Å². The van der Waals surface area contributed by atoms with Crippen LogP contribution in [0.25, 0.3) is 0 Å². The lowest BCUT2D eigenvalue weighted by Gasteiger charge is -2.38. The van der Waals surface area contributed by atoms with E-state index in [4.69, 9.17) is 9.47 Å². The molecule has 2 aromatic rings. The quantitative estimate of drug-likeness (QED) is 0.362. The highest BCUT2D eigenvalue weighted by atomic mass is 16.5. The van der Waals surface area contributed by atoms with Gasteiger partial charge in [0.1, 0.15) is 11.9 Å². The molecule has 5 amide bonds. The molecule has 228 valence electrons. The normalized spacial score (nSPS) is 19.8. The monoisotopic (exact) mass is 581 g/mol. The summed E-state index contributed by atoms with van der Waals surface area (Å²) < 4.78 is 11.7. The van der Waals surface area contributed by atoms with E-state index in [0.29, 0.717) is 23.7 Å². The van der Waals surface area contributed by atoms with Gasteiger partial charge in [0.05, 0.1) is 37.6 Å². The molecule has 0 aromatic heterocycles. The topological polar surface area (TPSA) is 132 Å². The SMILES string of the molecule is COc1ccc(NC(=O)Nc2cccc3c2O[C@@H](CN(C)C(=O)NC2CCCCC2)[C@@H](C)CN([C@H](C)CO)C3=O)cc1. The lowest BCUT2D eigenvalue weighted by atomic mass is 9.96. The molecule has 3 atom stereocenters. The van der Waals surface area contributed by atoms with E-state index in [9.17, 15) is 19.5 Å². The van der Waals surface area contributed by atoms with Crippen LogP contribution >= 0.6 is 0 Å². The number of aliphatic hydroxyl groups is 1. The second kappa shape index (κ2) is 14.3. The van der Waals surface area contributed by atoms with Gasteiger partial charge in [0.25, 0.3) is 5.91 Å². The maximum Gasteiger partial charge on any atom is 0.323 e. The molecule has 1 aliphatic heterocycles. The van der Waals surface area contributed by atoms with Gasteiger partial charge in [-0.2, -0.15) is 0 Å². The van der Waals surface area contributed by atoms with Gasteiger partial charge in [-0.15, -0.1) is 0 Å². The number of methoxy groups -OCH3 is 1. The number of para-hydroxylation sites is 1. The minimum Gasteiger partial charge on any atom is -0.497 e. The lowest BCUT2D eigenvalue weighted by Crippen LogP contribution is -2.52. The fourth-order valence-electron chi connectivity index (χ4n) is 5.40. The second-order valence-electron chi connectivity index (χ2n) is 11.3. The molecule has 1 heterocycles. The molecule has 0 saturated heterocycles. The van der Waals surface area contributed by atoms with Crippen molar-refractivity contribution >= 4 is 29.3 Å². The summed E-state index contributed by atoms with van der Waals surface area (Å²) in [6.07, 6.45) is 4.89. The number of rotatable bonds is 8. The number of hydrogen-bond donors (Lipinski definition) is 4. The Balaban J connectivity index is 1.58. The first kappa shape index (κ1) is 31.0. The third-order valence-corrected chi connectivity index (χ3v) is 8.02. The van der Waals surface area contributed by atoms with Crippen molar-refractivity contribution < 1.29 is 29.0 Å². The first-order chi connectivity index (χ1) is 20.2. The summed E-state index contributed by atoms with van der Waals surface area (Å²) in [4.78, 5) is 43.0. The third kappa shape index (κ3) is 7.64. The predicted octanol–water partition coefficient (Wildman–Crippen LogP) is 4.53. The molecular formula is C31H43N5O6. The Bertz CT molecular complexity index is 1230. The standard InChI is InChI=1S/C31H43N5O6/c1-20-17-36(21(2)19-37)29(38)25-11-8-12-26(34-30(39)32-23-13-15-24(41-4)16-14-23)28(25)42-27(20)18-35(3)31(40)33-22-9-6-5-7-10-22/h8,11-16,20-22,27,37H,5-7,9-10,17-19H2,1-4H3,(H,33,40)(H2,32,34,39)/t20-,21+,27-/m0/s1. The zero-order valence-electron chi connectivity index (χ0n) is 24.9. The van der Waals surface area contributed by atoms with E-state index in [1.54, 1.807) is 73.3 Å². The van der Waals surface area contributed by atoms with E-state index in [1.807, 2.05) is 6.92 Å². The molecule has 2 aromatic carbocycles. The van der Waals surface area contributed by atoms with E-state index in [-0.39, 0.29) is 48.4 Å². The molecule has 1 aliphatic carbocycles. The number of hydrogen-bond acceptors (Lipinski definition) is 6. The Kier molecular flexibility index (Phi) is 10.5. The molecule has 42 heavy (non-hydrogen) atoms. The number of ether oxygens (including phenoxy) is 2.